The van der Waals surface area contributed by atoms with Crippen LogP contribution in [0.5, 0.6) is 5.75 Å². The average Bonchev–Trinajstić information content (AvgIpc) is 3.09. The van der Waals surface area contributed by atoms with E-state index in [0.717, 1.165) is 24.7 Å². The number of alkyl halides is 3. The van der Waals surface area contributed by atoms with E-state index in [-0.39, 0.29) is 4.90 Å². The van der Waals surface area contributed by atoms with Gasteiger partial charge in [-0.3, -0.25) is 9.88 Å². The van der Waals surface area contributed by atoms with Gasteiger partial charge in [0.1, 0.15) is 12.4 Å². The van der Waals surface area contributed by atoms with E-state index in [0.29, 0.717) is 42.6 Å². The topological polar surface area (TPSA) is 59.5 Å². The van der Waals surface area contributed by atoms with Gasteiger partial charge < -0.3 is 4.74 Å². The van der Waals surface area contributed by atoms with Crippen LogP contribution in [0.15, 0.2) is 46.5 Å². The Hall–Kier alpha value is -2.13. The molecule has 3 aliphatic rings. The van der Waals surface area contributed by atoms with Gasteiger partial charge in [0.25, 0.3) is 0 Å². The fourth-order valence-electron chi connectivity index (χ4n) is 4.77. The van der Waals surface area contributed by atoms with Crippen molar-refractivity contribution in [1.82, 2.24) is 9.88 Å². The fraction of sp³-hybridized carbons (Fsp3) is 0.476. The molecule has 0 radical (unpaired) electrons. The van der Waals surface area contributed by atoms with Crippen molar-refractivity contribution in [3.05, 3.63) is 47.8 Å². The Balaban J connectivity index is 1.45. The first kappa shape index (κ1) is 19.8. The maximum atomic E-state index is 13.0. The molecule has 5 nitrogen and oxygen atoms in total. The molecule has 2 aromatic rings. The van der Waals surface area contributed by atoms with Gasteiger partial charge in [0.05, 0.1) is 21.4 Å². The summed E-state index contributed by atoms with van der Waals surface area (Å²) in [6.07, 6.45) is 1.60. The van der Waals surface area contributed by atoms with Gasteiger partial charge in [0, 0.05) is 24.4 Å². The standard InChI is InChI=1S/C21H21F3N2O3S/c22-21(23,24)13-8-16(11-25-10-13)30(27,28)15-4-5-18-17-6-7-26(14-2-1-3-14)19(17)12-29-20(18)9-15/h4-5,8-11,14,17,19H,1-3,6-7,12H2. The minimum absolute atomic E-state index is 0.0883. The van der Waals surface area contributed by atoms with Gasteiger partial charge >= 0.3 is 6.18 Å². The summed E-state index contributed by atoms with van der Waals surface area (Å²) < 4.78 is 70.7. The van der Waals surface area contributed by atoms with Crippen LogP contribution < -0.4 is 4.74 Å². The molecule has 2 fully saturated rings. The number of fused-ring (bicyclic) bond motifs is 3. The number of benzene rings is 1. The minimum atomic E-state index is -4.67. The summed E-state index contributed by atoms with van der Waals surface area (Å²) in [6.45, 7) is 1.52. The van der Waals surface area contributed by atoms with E-state index in [2.05, 4.69) is 9.88 Å². The van der Waals surface area contributed by atoms with E-state index in [1.807, 2.05) is 0 Å². The van der Waals surface area contributed by atoms with Gasteiger partial charge in [-0.2, -0.15) is 13.2 Å². The zero-order valence-electron chi connectivity index (χ0n) is 16.1. The third kappa shape index (κ3) is 3.19. The Kier molecular flexibility index (Phi) is 4.59. The molecule has 1 aromatic carbocycles. The molecule has 0 N–H and O–H groups in total. The predicted molar refractivity (Wildman–Crippen MR) is 102 cm³/mol. The summed E-state index contributed by atoms with van der Waals surface area (Å²) in [7, 11) is -4.15. The molecule has 0 bridgehead atoms. The van der Waals surface area contributed by atoms with Crippen LogP contribution >= 0.6 is 0 Å². The van der Waals surface area contributed by atoms with Crippen LogP contribution in [-0.2, 0) is 16.0 Å². The smallest absolute Gasteiger partial charge is 0.417 e. The second-order valence-electron chi connectivity index (χ2n) is 8.21. The number of hydrogen-bond acceptors (Lipinski definition) is 5. The lowest BCUT2D eigenvalue weighted by Gasteiger charge is -2.41. The van der Waals surface area contributed by atoms with Crippen molar-refractivity contribution in [3.8, 4) is 5.75 Å². The molecule has 2 aliphatic heterocycles. The first-order valence-electron chi connectivity index (χ1n) is 10.0. The lowest BCUT2D eigenvalue weighted by Crippen LogP contribution is -2.47. The maximum Gasteiger partial charge on any atom is 0.417 e. The molecule has 2 atom stereocenters. The molecule has 1 saturated heterocycles. The van der Waals surface area contributed by atoms with E-state index in [1.54, 1.807) is 6.07 Å². The second kappa shape index (κ2) is 6.95. The third-order valence-electron chi connectivity index (χ3n) is 6.59. The summed E-state index contributed by atoms with van der Waals surface area (Å²) in [4.78, 5) is 5.43. The lowest BCUT2D eigenvalue weighted by atomic mass is 9.87. The van der Waals surface area contributed by atoms with Crippen molar-refractivity contribution in [3.63, 3.8) is 0 Å². The summed E-state index contributed by atoms with van der Waals surface area (Å²) in [6, 6.07) is 6.20. The molecule has 0 spiro atoms. The molecule has 30 heavy (non-hydrogen) atoms. The minimum Gasteiger partial charge on any atom is -0.492 e. The Bertz CT molecular complexity index is 1080. The molecule has 0 amide bonds. The molecule has 1 aromatic heterocycles. The third-order valence-corrected chi connectivity index (χ3v) is 8.31. The van der Waals surface area contributed by atoms with Crippen LogP contribution in [0.3, 0.4) is 0 Å². The van der Waals surface area contributed by atoms with Crippen molar-refractivity contribution in [1.29, 1.82) is 0 Å². The molecule has 5 rings (SSSR count). The van der Waals surface area contributed by atoms with Crippen LogP contribution in [0.2, 0.25) is 0 Å². The molecule has 1 aliphatic carbocycles. The van der Waals surface area contributed by atoms with Crippen molar-refractivity contribution in [2.24, 2.45) is 0 Å². The van der Waals surface area contributed by atoms with E-state index in [1.165, 1.54) is 31.4 Å². The zero-order valence-corrected chi connectivity index (χ0v) is 16.9. The predicted octanol–water partition coefficient (Wildman–Crippen LogP) is 4.04. The second-order valence-corrected chi connectivity index (χ2v) is 10.2. The van der Waals surface area contributed by atoms with E-state index in [9.17, 15) is 21.6 Å². The van der Waals surface area contributed by atoms with Crippen LogP contribution in [0.4, 0.5) is 13.2 Å². The van der Waals surface area contributed by atoms with Crippen molar-refractivity contribution >= 4 is 9.84 Å². The Morgan fingerprint density at radius 1 is 1.07 bits per heavy atom. The number of ether oxygens (including phenoxy) is 1. The fourth-order valence-corrected chi connectivity index (χ4v) is 6.03. The summed E-state index contributed by atoms with van der Waals surface area (Å²) >= 11 is 0. The first-order valence-corrected chi connectivity index (χ1v) is 11.5. The molecular weight excluding hydrogens is 417 g/mol. The highest BCUT2D eigenvalue weighted by Crippen LogP contribution is 2.45. The first-order chi connectivity index (χ1) is 14.2. The largest absolute Gasteiger partial charge is 0.492 e. The Morgan fingerprint density at radius 3 is 2.57 bits per heavy atom. The number of halogens is 3. The number of rotatable bonds is 3. The van der Waals surface area contributed by atoms with Gasteiger partial charge in [0.2, 0.25) is 9.84 Å². The molecule has 1 saturated carbocycles. The monoisotopic (exact) mass is 438 g/mol. The Morgan fingerprint density at radius 2 is 1.87 bits per heavy atom. The van der Waals surface area contributed by atoms with Crippen LogP contribution in [0.25, 0.3) is 0 Å². The molecule has 3 heterocycles. The van der Waals surface area contributed by atoms with Gasteiger partial charge in [-0.15, -0.1) is 0 Å². The Labute approximate surface area is 172 Å². The van der Waals surface area contributed by atoms with Crippen LogP contribution in [0, 0.1) is 0 Å². The van der Waals surface area contributed by atoms with E-state index in [4.69, 9.17) is 4.74 Å². The quantitative estimate of drug-likeness (QED) is 0.724. The van der Waals surface area contributed by atoms with Gasteiger partial charge in [-0.25, -0.2) is 8.42 Å². The van der Waals surface area contributed by atoms with Crippen molar-refractivity contribution < 1.29 is 26.3 Å². The number of nitrogens with zero attached hydrogens (tertiary/aromatic N) is 2. The SMILES string of the molecule is O=S(=O)(c1cncc(C(F)(F)F)c1)c1ccc2c(c1)OCC1C2CCN1C1CCC1. The number of hydrogen-bond donors (Lipinski definition) is 0. The van der Waals surface area contributed by atoms with Gasteiger partial charge in [-0.05, 0) is 49.6 Å². The normalized spacial score (nSPS) is 24.6. The van der Waals surface area contributed by atoms with E-state index < -0.39 is 26.5 Å². The zero-order chi connectivity index (χ0) is 21.1. The summed E-state index contributed by atoms with van der Waals surface area (Å²) in [5.74, 6) is 0.800. The lowest BCUT2D eigenvalue weighted by molar-refractivity contribution is -0.138. The van der Waals surface area contributed by atoms with Gasteiger partial charge in [0.15, 0.2) is 0 Å². The molecular formula is C21H21F3N2O3S. The molecule has 2 unspecified atom stereocenters. The highest BCUT2D eigenvalue weighted by atomic mass is 32.2. The number of likely N-dealkylation sites (tertiary alicyclic amines) is 1. The van der Waals surface area contributed by atoms with E-state index >= 15 is 0 Å². The molecule has 160 valence electrons. The summed E-state index contributed by atoms with van der Waals surface area (Å²) in [5.41, 5.74) is -0.114. The van der Waals surface area contributed by atoms with Crippen LogP contribution in [-0.4, -0.2) is 43.5 Å². The molecule has 9 heteroatoms. The average molecular weight is 438 g/mol. The van der Waals surface area contributed by atoms with Crippen molar-refractivity contribution in [2.75, 3.05) is 13.2 Å². The number of sulfone groups is 1. The number of pyridine rings is 1. The van der Waals surface area contributed by atoms with Crippen molar-refractivity contribution in [2.45, 2.75) is 59.7 Å². The highest BCUT2D eigenvalue weighted by molar-refractivity contribution is 7.91. The highest BCUT2D eigenvalue weighted by Gasteiger charge is 2.44. The maximum absolute atomic E-state index is 13.0. The van der Waals surface area contributed by atoms with Gasteiger partial charge in [-0.1, -0.05) is 12.5 Å². The number of aromatic nitrogens is 1. The van der Waals surface area contributed by atoms with Crippen LogP contribution in [0.1, 0.15) is 42.7 Å². The summed E-state index contributed by atoms with van der Waals surface area (Å²) in [5, 5.41) is 0.